The molecular weight excluding hydrogens is 212 g/mol. The van der Waals surface area contributed by atoms with Crippen molar-refractivity contribution in [1.82, 2.24) is 4.90 Å². The fraction of sp³-hybridized carbons (Fsp3) is 0.571. The minimum atomic E-state index is -0.405. The van der Waals surface area contributed by atoms with Crippen LogP contribution in [0.25, 0.3) is 0 Å². The molecule has 0 heterocycles. The third-order valence-corrected chi connectivity index (χ3v) is 3.71. The standard InChI is InChI=1S/C14H22N2O/c1-16(10-14(17)9-15)13-7-6-11-4-2-3-5-12(11)8-13/h2-5,13-14,17H,6-10,15H2,1H3. The van der Waals surface area contributed by atoms with Crippen LogP contribution in [-0.4, -0.2) is 42.3 Å². The Kier molecular flexibility index (Phi) is 4.15. The number of benzene rings is 1. The van der Waals surface area contributed by atoms with Gasteiger partial charge in [-0.05, 0) is 37.4 Å². The third-order valence-electron chi connectivity index (χ3n) is 3.71. The summed E-state index contributed by atoms with van der Waals surface area (Å²) < 4.78 is 0. The SMILES string of the molecule is CN(CC(O)CN)C1CCc2ccccc2C1. The molecule has 94 valence electrons. The van der Waals surface area contributed by atoms with Gasteiger partial charge in [0.05, 0.1) is 6.10 Å². The summed E-state index contributed by atoms with van der Waals surface area (Å²) in [4.78, 5) is 2.24. The quantitative estimate of drug-likeness (QED) is 0.810. The Bertz CT molecular complexity index is 367. The van der Waals surface area contributed by atoms with E-state index in [0.29, 0.717) is 19.1 Å². The molecule has 0 radical (unpaired) electrons. The van der Waals surface area contributed by atoms with Gasteiger partial charge in [0.15, 0.2) is 0 Å². The molecule has 0 fully saturated rings. The van der Waals surface area contributed by atoms with E-state index in [1.807, 2.05) is 0 Å². The molecule has 0 saturated heterocycles. The first-order valence-corrected chi connectivity index (χ1v) is 6.36. The van der Waals surface area contributed by atoms with E-state index in [1.165, 1.54) is 17.5 Å². The molecule has 2 atom stereocenters. The molecule has 3 nitrogen and oxygen atoms in total. The summed E-state index contributed by atoms with van der Waals surface area (Å²) in [6, 6.07) is 9.19. The number of nitrogens with zero attached hydrogens (tertiary/aromatic N) is 1. The molecular formula is C14H22N2O. The second-order valence-electron chi connectivity index (χ2n) is 4.99. The van der Waals surface area contributed by atoms with E-state index in [-0.39, 0.29) is 0 Å². The first kappa shape index (κ1) is 12.6. The van der Waals surface area contributed by atoms with E-state index < -0.39 is 6.10 Å². The molecule has 0 amide bonds. The minimum absolute atomic E-state index is 0.341. The lowest BCUT2D eigenvalue weighted by molar-refractivity contribution is 0.105. The van der Waals surface area contributed by atoms with Crippen LogP contribution in [0.5, 0.6) is 0 Å². The predicted octanol–water partition coefficient (Wildman–Crippen LogP) is 0.795. The largest absolute Gasteiger partial charge is 0.390 e. The number of nitrogens with two attached hydrogens (primary N) is 1. The number of aliphatic hydroxyl groups is 1. The lowest BCUT2D eigenvalue weighted by atomic mass is 9.87. The molecule has 3 heteroatoms. The Balaban J connectivity index is 1.97. The predicted molar refractivity (Wildman–Crippen MR) is 69.9 cm³/mol. The summed E-state index contributed by atoms with van der Waals surface area (Å²) in [5.41, 5.74) is 8.39. The highest BCUT2D eigenvalue weighted by Crippen LogP contribution is 2.23. The van der Waals surface area contributed by atoms with Crippen molar-refractivity contribution in [2.45, 2.75) is 31.4 Å². The van der Waals surface area contributed by atoms with E-state index in [2.05, 4.69) is 36.2 Å². The van der Waals surface area contributed by atoms with Crippen LogP contribution in [0, 0.1) is 0 Å². The zero-order chi connectivity index (χ0) is 12.3. The Morgan fingerprint density at radius 2 is 2.12 bits per heavy atom. The Morgan fingerprint density at radius 1 is 1.41 bits per heavy atom. The van der Waals surface area contributed by atoms with Crippen LogP contribution < -0.4 is 5.73 Å². The number of aryl methyl sites for hydroxylation is 1. The van der Waals surface area contributed by atoms with Gasteiger partial charge >= 0.3 is 0 Å². The van der Waals surface area contributed by atoms with Crippen LogP contribution >= 0.6 is 0 Å². The van der Waals surface area contributed by atoms with Gasteiger partial charge < -0.3 is 15.7 Å². The molecule has 1 aliphatic carbocycles. The van der Waals surface area contributed by atoms with E-state index in [1.54, 1.807) is 0 Å². The van der Waals surface area contributed by atoms with E-state index in [0.717, 1.165) is 12.8 Å². The molecule has 0 bridgehead atoms. The second-order valence-corrected chi connectivity index (χ2v) is 4.99. The van der Waals surface area contributed by atoms with Gasteiger partial charge in [-0.15, -0.1) is 0 Å². The molecule has 17 heavy (non-hydrogen) atoms. The summed E-state index contributed by atoms with van der Waals surface area (Å²) in [6.45, 7) is 1.01. The van der Waals surface area contributed by atoms with Gasteiger partial charge in [-0.3, -0.25) is 0 Å². The van der Waals surface area contributed by atoms with Gasteiger partial charge in [0, 0.05) is 19.1 Å². The Morgan fingerprint density at radius 3 is 2.82 bits per heavy atom. The Labute approximate surface area is 103 Å². The lowest BCUT2D eigenvalue weighted by Crippen LogP contribution is -2.42. The average Bonchev–Trinajstić information content (AvgIpc) is 2.38. The smallest absolute Gasteiger partial charge is 0.0789 e. The van der Waals surface area contributed by atoms with Crippen LogP contribution in [0.4, 0.5) is 0 Å². The molecule has 0 aliphatic heterocycles. The maximum atomic E-state index is 9.59. The van der Waals surface area contributed by atoms with Crippen molar-refractivity contribution >= 4 is 0 Å². The van der Waals surface area contributed by atoms with Gasteiger partial charge in [0.1, 0.15) is 0 Å². The van der Waals surface area contributed by atoms with Gasteiger partial charge in [0.25, 0.3) is 0 Å². The molecule has 1 aromatic rings. The zero-order valence-corrected chi connectivity index (χ0v) is 10.5. The maximum Gasteiger partial charge on any atom is 0.0789 e. The van der Waals surface area contributed by atoms with Crippen LogP contribution in [0.3, 0.4) is 0 Å². The maximum absolute atomic E-state index is 9.59. The summed E-state index contributed by atoms with van der Waals surface area (Å²) in [5.74, 6) is 0. The fourth-order valence-corrected chi connectivity index (χ4v) is 2.61. The van der Waals surface area contributed by atoms with Gasteiger partial charge in [-0.1, -0.05) is 24.3 Å². The van der Waals surface area contributed by atoms with Gasteiger partial charge in [-0.2, -0.15) is 0 Å². The van der Waals surface area contributed by atoms with Crippen molar-refractivity contribution < 1.29 is 5.11 Å². The highest BCUT2D eigenvalue weighted by molar-refractivity contribution is 5.30. The van der Waals surface area contributed by atoms with Crippen molar-refractivity contribution in [1.29, 1.82) is 0 Å². The summed E-state index contributed by atoms with van der Waals surface area (Å²) in [6.07, 6.45) is 3.00. The summed E-state index contributed by atoms with van der Waals surface area (Å²) in [5, 5.41) is 9.59. The number of fused-ring (bicyclic) bond motifs is 1. The summed E-state index contributed by atoms with van der Waals surface area (Å²) >= 11 is 0. The van der Waals surface area contributed by atoms with Crippen LogP contribution in [0.15, 0.2) is 24.3 Å². The van der Waals surface area contributed by atoms with Crippen molar-refractivity contribution in [2.75, 3.05) is 20.1 Å². The van der Waals surface area contributed by atoms with Gasteiger partial charge in [0.2, 0.25) is 0 Å². The second kappa shape index (κ2) is 5.63. The number of hydrogen-bond acceptors (Lipinski definition) is 3. The molecule has 1 aromatic carbocycles. The van der Waals surface area contributed by atoms with Gasteiger partial charge in [-0.25, -0.2) is 0 Å². The highest BCUT2D eigenvalue weighted by Gasteiger charge is 2.22. The van der Waals surface area contributed by atoms with Crippen LogP contribution in [0.1, 0.15) is 17.5 Å². The first-order chi connectivity index (χ1) is 8.20. The molecule has 3 N–H and O–H groups in total. The van der Waals surface area contributed by atoms with E-state index in [4.69, 9.17) is 5.73 Å². The minimum Gasteiger partial charge on any atom is -0.390 e. The lowest BCUT2D eigenvalue weighted by Gasteiger charge is -2.33. The zero-order valence-electron chi connectivity index (χ0n) is 10.5. The number of likely N-dealkylation sites (N-methyl/N-ethyl adjacent to an activating group) is 1. The molecule has 0 saturated carbocycles. The van der Waals surface area contributed by atoms with E-state index >= 15 is 0 Å². The first-order valence-electron chi connectivity index (χ1n) is 6.36. The summed E-state index contributed by atoms with van der Waals surface area (Å²) in [7, 11) is 2.08. The molecule has 0 aromatic heterocycles. The number of aliphatic hydroxyl groups excluding tert-OH is 1. The number of hydrogen-bond donors (Lipinski definition) is 2. The molecule has 2 unspecified atom stereocenters. The van der Waals surface area contributed by atoms with Crippen LogP contribution in [0.2, 0.25) is 0 Å². The topological polar surface area (TPSA) is 49.5 Å². The van der Waals surface area contributed by atoms with Crippen molar-refractivity contribution in [3.05, 3.63) is 35.4 Å². The molecule has 2 rings (SSSR count). The van der Waals surface area contributed by atoms with Crippen molar-refractivity contribution in [3.8, 4) is 0 Å². The van der Waals surface area contributed by atoms with E-state index in [9.17, 15) is 5.11 Å². The van der Waals surface area contributed by atoms with Crippen LogP contribution in [-0.2, 0) is 12.8 Å². The fourth-order valence-electron chi connectivity index (χ4n) is 2.61. The monoisotopic (exact) mass is 234 g/mol. The third kappa shape index (κ3) is 3.06. The molecule has 1 aliphatic rings. The normalized spacial score (nSPS) is 21.3. The Hall–Kier alpha value is -0.900. The van der Waals surface area contributed by atoms with Crippen molar-refractivity contribution in [2.24, 2.45) is 5.73 Å². The highest BCUT2D eigenvalue weighted by atomic mass is 16.3. The van der Waals surface area contributed by atoms with Crippen molar-refractivity contribution in [3.63, 3.8) is 0 Å². The molecule has 0 spiro atoms. The number of rotatable bonds is 4. The average molecular weight is 234 g/mol.